The van der Waals surface area contributed by atoms with Gasteiger partial charge in [-0.2, -0.15) is 8.96 Å². The quantitative estimate of drug-likeness (QED) is 0.380. The zero-order valence-corrected chi connectivity index (χ0v) is 24.2. The van der Waals surface area contributed by atoms with E-state index in [4.69, 9.17) is 9.47 Å². The Morgan fingerprint density at radius 1 is 1.21 bits per heavy atom. The molecule has 2 fully saturated rings. The molecular formula is C27H33N3O6S2. The number of nitrogens with zero attached hydrogens (tertiary/aromatic N) is 3. The van der Waals surface area contributed by atoms with Gasteiger partial charge in [0, 0.05) is 41.0 Å². The maximum Gasteiger partial charge on any atom is 0.338 e. The van der Waals surface area contributed by atoms with Gasteiger partial charge in [-0.05, 0) is 50.2 Å². The number of imidazole rings is 1. The number of Topliss-reactive ketones (excluding diaryl/α,β-unsaturated/α-hetero) is 1. The summed E-state index contributed by atoms with van der Waals surface area (Å²) in [6, 6.07) is 4.87. The minimum absolute atomic E-state index is 0.00247. The van der Waals surface area contributed by atoms with Gasteiger partial charge in [0.05, 0.1) is 42.1 Å². The Balaban J connectivity index is 1.62. The summed E-state index contributed by atoms with van der Waals surface area (Å²) in [5.74, 6) is 0.933. The Morgan fingerprint density at radius 3 is 2.55 bits per heavy atom. The minimum Gasteiger partial charge on any atom is -0.609 e. The largest absolute Gasteiger partial charge is 0.609 e. The molecule has 204 valence electrons. The van der Waals surface area contributed by atoms with Gasteiger partial charge in [0.15, 0.2) is 5.75 Å². The number of rotatable bonds is 8. The number of carbonyl (C=O) groups excluding carboxylic acids is 1. The second-order valence-electron chi connectivity index (χ2n) is 11.0. The lowest BCUT2D eigenvalue weighted by Crippen LogP contribution is -2.43. The van der Waals surface area contributed by atoms with Crippen molar-refractivity contribution in [2.75, 3.05) is 20.0 Å². The number of aryl methyl sites for hydroxylation is 1. The highest BCUT2D eigenvalue weighted by Gasteiger charge is 2.65. The molecule has 38 heavy (non-hydrogen) atoms. The van der Waals surface area contributed by atoms with Crippen LogP contribution in [-0.2, 0) is 31.7 Å². The first-order valence-electron chi connectivity index (χ1n) is 12.6. The minimum atomic E-state index is -4.14. The lowest BCUT2D eigenvalue weighted by molar-refractivity contribution is -0.128. The van der Waals surface area contributed by atoms with E-state index in [1.54, 1.807) is 31.5 Å². The second kappa shape index (κ2) is 9.24. The SMILES string of the molecule is COc1ccc2c(c1)nc([S+]([O-])Cc1ncc(C)c(OC)c1C)n2S(=O)(=O)C[C@]12CCC(CC1=O)C2(C)C. The summed E-state index contributed by atoms with van der Waals surface area (Å²) in [5.41, 5.74) is 1.36. The Kier molecular flexibility index (Phi) is 6.55. The van der Waals surface area contributed by atoms with Crippen LogP contribution in [0, 0.1) is 30.6 Å². The van der Waals surface area contributed by atoms with Crippen LogP contribution >= 0.6 is 0 Å². The van der Waals surface area contributed by atoms with E-state index in [2.05, 4.69) is 9.97 Å². The molecule has 3 aromatic rings. The third-order valence-electron chi connectivity index (χ3n) is 8.86. The molecule has 2 bridgehead atoms. The maximum atomic E-state index is 14.2. The number of benzene rings is 1. The normalized spacial score (nSPS) is 23.2. The number of ketones is 1. The zero-order chi connectivity index (χ0) is 27.6. The Hall–Kier alpha value is -2.63. The number of hydrogen-bond acceptors (Lipinski definition) is 8. The molecule has 0 aliphatic heterocycles. The number of carbonyl (C=O) groups is 1. The fourth-order valence-electron chi connectivity index (χ4n) is 6.44. The standard InChI is InChI=1S/C27H33N3O6S2/c1-16-13-28-21(17(2)24(16)36-6)14-37(32)25-29-20-12-19(35-5)7-8-22(20)30(25)38(33,34)15-27-10-9-18(11-23(27)31)26(27,3)4/h7-8,12-13,18H,9-11,14-15H2,1-6H3/t18?,27-,37?/m1/s1. The van der Waals surface area contributed by atoms with Crippen molar-refractivity contribution in [2.24, 2.45) is 16.7 Å². The summed E-state index contributed by atoms with van der Waals surface area (Å²) >= 11 is -1.87. The van der Waals surface area contributed by atoms with Crippen LogP contribution in [0.4, 0.5) is 0 Å². The van der Waals surface area contributed by atoms with Crippen LogP contribution in [0.3, 0.4) is 0 Å². The van der Waals surface area contributed by atoms with Crippen LogP contribution in [0.1, 0.15) is 49.9 Å². The molecule has 0 spiro atoms. The molecule has 2 saturated carbocycles. The summed E-state index contributed by atoms with van der Waals surface area (Å²) in [4.78, 5) is 22.1. The molecule has 0 N–H and O–H groups in total. The molecule has 0 amide bonds. The van der Waals surface area contributed by atoms with Crippen molar-refractivity contribution >= 4 is 38.0 Å². The molecule has 1 aromatic carbocycles. The molecule has 2 aliphatic carbocycles. The van der Waals surface area contributed by atoms with Gasteiger partial charge >= 0.3 is 5.16 Å². The van der Waals surface area contributed by atoms with Crippen LogP contribution in [0.2, 0.25) is 0 Å². The number of aromatic nitrogens is 3. The van der Waals surface area contributed by atoms with Gasteiger partial charge in [0.2, 0.25) is 10.0 Å². The zero-order valence-electron chi connectivity index (χ0n) is 22.5. The number of ether oxygens (including phenoxy) is 2. The van der Waals surface area contributed by atoms with E-state index in [0.717, 1.165) is 21.5 Å². The highest BCUT2D eigenvalue weighted by Crippen LogP contribution is 2.64. The monoisotopic (exact) mass is 559 g/mol. The molecule has 9 nitrogen and oxygen atoms in total. The smallest absolute Gasteiger partial charge is 0.338 e. The van der Waals surface area contributed by atoms with E-state index in [-0.39, 0.29) is 28.4 Å². The molecular weight excluding hydrogens is 526 g/mol. The number of methoxy groups -OCH3 is 2. The van der Waals surface area contributed by atoms with Gasteiger partial charge in [-0.25, -0.2) is 8.42 Å². The number of pyridine rings is 1. The first-order valence-corrected chi connectivity index (χ1v) is 15.5. The first kappa shape index (κ1) is 27.0. The molecule has 2 unspecified atom stereocenters. The average Bonchev–Trinajstić information content (AvgIpc) is 3.42. The summed E-state index contributed by atoms with van der Waals surface area (Å²) in [6.45, 7) is 7.71. The Labute approximate surface area is 226 Å². The average molecular weight is 560 g/mol. The van der Waals surface area contributed by atoms with Crippen LogP contribution in [0.5, 0.6) is 11.5 Å². The van der Waals surface area contributed by atoms with Crippen LogP contribution in [0.25, 0.3) is 11.0 Å². The van der Waals surface area contributed by atoms with Crippen molar-refractivity contribution in [2.45, 2.75) is 57.9 Å². The van der Waals surface area contributed by atoms with Gasteiger partial charge in [0.1, 0.15) is 17.3 Å². The lowest BCUT2D eigenvalue weighted by atomic mass is 9.70. The fraction of sp³-hybridized carbons (Fsp3) is 0.519. The van der Waals surface area contributed by atoms with E-state index in [0.29, 0.717) is 41.1 Å². The van der Waals surface area contributed by atoms with E-state index in [1.807, 2.05) is 27.7 Å². The van der Waals surface area contributed by atoms with Gasteiger partial charge in [-0.15, -0.1) is 0 Å². The third-order valence-corrected chi connectivity index (χ3v) is 12.0. The molecule has 2 heterocycles. The van der Waals surface area contributed by atoms with Crippen molar-refractivity contribution in [1.29, 1.82) is 0 Å². The molecule has 2 aliphatic rings. The molecule has 2 aromatic heterocycles. The van der Waals surface area contributed by atoms with E-state index >= 15 is 0 Å². The number of fused-ring (bicyclic) bond motifs is 3. The van der Waals surface area contributed by atoms with Gasteiger partial charge < -0.3 is 14.0 Å². The van der Waals surface area contributed by atoms with Gasteiger partial charge in [0.25, 0.3) is 0 Å². The predicted octanol–water partition coefficient (Wildman–Crippen LogP) is 3.95. The number of hydrogen-bond donors (Lipinski definition) is 0. The summed E-state index contributed by atoms with van der Waals surface area (Å²) in [6.07, 6.45) is 3.42. The van der Waals surface area contributed by atoms with Crippen molar-refractivity contribution in [3.05, 3.63) is 41.2 Å². The summed E-state index contributed by atoms with van der Waals surface area (Å²) < 4.78 is 54.1. The topological polar surface area (TPSA) is 123 Å². The highest BCUT2D eigenvalue weighted by atomic mass is 32.2. The van der Waals surface area contributed by atoms with Crippen molar-refractivity contribution in [3.63, 3.8) is 0 Å². The van der Waals surface area contributed by atoms with Gasteiger partial charge in [-0.3, -0.25) is 9.78 Å². The highest BCUT2D eigenvalue weighted by molar-refractivity contribution is 7.93. The molecule has 11 heteroatoms. The first-order chi connectivity index (χ1) is 17.9. The van der Waals surface area contributed by atoms with E-state index in [1.165, 1.54) is 7.11 Å². The fourth-order valence-corrected chi connectivity index (χ4v) is 10.3. The summed E-state index contributed by atoms with van der Waals surface area (Å²) in [5, 5.41) is -0.0943. The van der Waals surface area contributed by atoms with Gasteiger partial charge in [-0.1, -0.05) is 13.8 Å². The molecule has 3 atom stereocenters. The third kappa shape index (κ3) is 3.93. The van der Waals surface area contributed by atoms with E-state index < -0.39 is 32.0 Å². The van der Waals surface area contributed by atoms with Crippen LogP contribution < -0.4 is 9.47 Å². The van der Waals surface area contributed by atoms with Crippen molar-refractivity contribution < 1.29 is 27.2 Å². The maximum absolute atomic E-state index is 14.2. The summed E-state index contributed by atoms with van der Waals surface area (Å²) in [7, 11) is -1.06. The Bertz CT molecular complexity index is 1550. The molecule has 5 rings (SSSR count). The molecule has 0 saturated heterocycles. The Morgan fingerprint density at radius 2 is 1.95 bits per heavy atom. The molecule has 0 radical (unpaired) electrons. The van der Waals surface area contributed by atoms with Crippen molar-refractivity contribution in [1.82, 2.24) is 13.9 Å². The van der Waals surface area contributed by atoms with Crippen LogP contribution in [-0.4, -0.2) is 52.7 Å². The predicted molar refractivity (Wildman–Crippen MR) is 144 cm³/mol. The van der Waals surface area contributed by atoms with Crippen molar-refractivity contribution in [3.8, 4) is 11.5 Å². The second-order valence-corrected chi connectivity index (χ2v) is 14.1. The lowest BCUT2D eigenvalue weighted by Gasteiger charge is -2.36. The van der Waals surface area contributed by atoms with E-state index in [9.17, 15) is 17.8 Å². The van der Waals surface area contributed by atoms with Crippen LogP contribution in [0.15, 0.2) is 29.6 Å².